The molecule has 2 aromatic rings. The SMILES string of the molecule is Cc1ccccc1CNC(=O)c1cnc(N)c(Cl)c1. The average Bonchev–Trinajstić information content (AvgIpc) is 2.40. The van der Waals surface area contributed by atoms with Crippen LogP contribution in [0.3, 0.4) is 0 Å². The lowest BCUT2D eigenvalue weighted by Gasteiger charge is -2.08. The van der Waals surface area contributed by atoms with Crippen LogP contribution in [0.5, 0.6) is 0 Å². The second-order valence-corrected chi connectivity index (χ2v) is 4.61. The number of carbonyl (C=O) groups excluding carboxylic acids is 1. The lowest BCUT2D eigenvalue weighted by molar-refractivity contribution is 0.0950. The summed E-state index contributed by atoms with van der Waals surface area (Å²) < 4.78 is 0. The number of nitrogens with zero attached hydrogens (tertiary/aromatic N) is 1. The third-order valence-corrected chi connectivity index (χ3v) is 3.14. The largest absolute Gasteiger partial charge is 0.382 e. The molecule has 0 saturated heterocycles. The van der Waals surface area contributed by atoms with Crippen molar-refractivity contribution in [3.8, 4) is 0 Å². The zero-order valence-electron chi connectivity index (χ0n) is 10.5. The molecule has 0 spiro atoms. The number of nitrogens with two attached hydrogens (primary N) is 1. The molecule has 1 heterocycles. The Kier molecular flexibility index (Phi) is 4.02. The first-order valence-corrected chi connectivity index (χ1v) is 6.19. The molecule has 0 aliphatic carbocycles. The number of amides is 1. The molecule has 98 valence electrons. The van der Waals surface area contributed by atoms with Crippen molar-refractivity contribution in [3.05, 3.63) is 58.2 Å². The molecular formula is C14H14ClN3O. The van der Waals surface area contributed by atoms with Crippen molar-refractivity contribution in [2.75, 3.05) is 5.73 Å². The Morgan fingerprint density at radius 3 is 2.84 bits per heavy atom. The standard InChI is InChI=1S/C14H14ClN3O/c1-9-4-2-3-5-10(9)7-18-14(19)11-6-12(15)13(16)17-8-11/h2-6,8H,7H2,1H3,(H2,16,17)(H,18,19). The van der Waals surface area contributed by atoms with Gasteiger partial charge in [0.2, 0.25) is 0 Å². The molecular weight excluding hydrogens is 262 g/mol. The molecule has 0 saturated carbocycles. The van der Waals surface area contributed by atoms with Gasteiger partial charge in [0.1, 0.15) is 5.82 Å². The molecule has 2 rings (SSSR count). The maximum atomic E-state index is 11.9. The number of benzene rings is 1. The van der Waals surface area contributed by atoms with Crippen LogP contribution in [0.15, 0.2) is 36.5 Å². The van der Waals surface area contributed by atoms with E-state index in [4.69, 9.17) is 17.3 Å². The van der Waals surface area contributed by atoms with Gasteiger partial charge in [-0.3, -0.25) is 4.79 Å². The summed E-state index contributed by atoms with van der Waals surface area (Å²) in [6.07, 6.45) is 1.41. The first kappa shape index (κ1) is 13.4. The second-order valence-electron chi connectivity index (χ2n) is 4.20. The lowest BCUT2D eigenvalue weighted by Crippen LogP contribution is -2.23. The van der Waals surface area contributed by atoms with Gasteiger partial charge in [0, 0.05) is 12.7 Å². The molecule has 0 aliphatic rings. The Morgan fingerprint density at radius 2 is 2.16 bits per heavy atom. The van der Waals surface area contributed by atoms with Gasteiger partial charge in [0.15, 0.2) is 0 Å². The average molecular weight is 276 g/mol. The van der Waals surface area contributed by atoms with Gasteiger partial charge >= 0.3 is 0 Å². The van der Waals surface area contributed by atoms with Crippen molar-refractivity contribution in [1.82, 2.24) is 10.3 Å². The Morgan fingerprint density at radius 1 is 1.42 bits per heavy atom. The van der Waals surface area contributed by atoms with E-state index in [0.717, 1.165) is 11.1 Å². The maximum Gasteiger partial charge on any atom is 0.253 e. The van der Waals surface area contributed by atoms with Crippen LogP contribution >= 0.6 is 11.6 Å². The van der Waals surface area contributed by atoms with Crippen LogP contribution in [0.2, 0.25) is 5.02 Å². The van der Waals surface area contributed by atoms with Crippen molar-refractivity contribution in [1.29, 1.82) is 0 Å². The first-order chi connectivity index (χ1) is 9.08. The van der Waals surface area contributed by atoms with E-state index in [2.05, 4.69) is 10.3 Å². The molecule has 19 heavy (non-hydrogen) atoms. The second kappa shape index (κ2) is 5.71. The van der Waals surface area contributed by atoms with E-state index in [1.54, 1.807) is 0 Å². The summed E-state index contributed by atoms with van der Waals surface area (Å²) in [5, 5.41) is 3.11. The number of halogens is 1. The number of hydrogen-bond donors (Lipinski definition) is 2. The number of nitrogens with one attached hydrogen (secondary N) is 1. The molecule has 0 bridgehead atoms. The molecule has 0 fully saturated rings. The van der Waals surface area contributed by atoms with Gasteiger partial charge in [0.05, 0.1) is 10.6 Å². The topological polar surface area (TPSA) is 68.0 Å². The fourth-order valence-corrected chi connectivity index (χ4v) is 1.83. The fraction of sp³-hybridized carbons (Fsp3) is 0.143. The van der Waals surface area contributed by atoms with Crippen LogP contribution in [-0.4, -0.2) is 10.9 Å². The maximum absolute atomic E-state index is 11.9. The number of aryl methyl sites for hydroxylation is 1. The van der Waals surface area contributed by atoms with Gasteiger partial charge < -0.3 is 11.1 Å². The molecule has 0 unspecified atom stereocenters. The minimum absolute atomic E-state index is 0.220. The molecule has 4 nitrogen and oxygen atoms in total. The monoisotopic (exact) mass is 275 g/mol. The summed E-state index contributed by atoms with van der Waals surface area (Å²) in [7, 11) is 0. The number of nitrogen functional groups attached to an aromatic ring is 1. The predicted molar refractivity (Wildman–Crippen MR) is 76.0 cm³/mol. The molecule has 0 aliphatic heterocycles. The number of carbonyl (C=O) groups is 1. The number of pyridine rings is 1. The van der Waals surface area contributed by atoms with E-state index in [0.29, 0.717) is 12.1 Å². The quantitative estimate of drug-likeness (QED) is 0.904. The Balaban J connectivity index is 2.05. The molecule has 0 atom stereocenters. The number of aromatic nitrogens is 1. The lowest BCUT2D eigenvalue weighted by atomic mass is 10.1. The zero-order valence-corrected chi connectivity index (χ0v) is 11.2. The summed E-state index contributed by atoms with van der Waals surface area (Å²) in [5.74, 6) is -0.00484. The van der Waals surface area contributed by atoms with Crippen molar-refractivity contribution >= 4 is 23.3 Å². The summed E-state index contributed by atoms with van der Waals surface area (Å²) in [6.45, 7) is 2.47. The highest BCUT2D eigenvalue weighted by Crippen LogP contribution is 2.16. The fourth-order valence-electron chi connectivity index (χ4n) is 1.66. The van der Waals surface area contributed by atoms with Gasteiger partial charge in [-0.25, -0.2) is 4.98 Å². The van der Waals surface area contributed by atoms with E-state index < -0.39 is 0 Å². The molecule has 1 aromatic carbocycles. The molecule has 1 aromatic heterocycles. The van der Waals surface area contributed by atoms with Crippen LogP contribution in [0.4, 0.5) is 5.82 Å². The van der Waals surface area contributed by atoms with E-state index in [9.17, 15) is 4.79 Å². The van der Waals surface area contributed by atoms with Crippen LogP contribution in [-0.2, 0) is 6.54 Å². The van der Waals surface area contributed by atoms with Crippen LogP contribution in [0.1, 0.15) is 21.5 Å². The van der Waals surface area contributed by atoms with Gasteiger partial charge in [-0.05, 0) is 24.1 Å². The van der Waals surface area contributed by atoms with E-state index in [1.807, 2.05) is 31.2 Å². The Labute approximate surface area is 116 Å². The summed E-state index contributed by atoms with van der Waals surface area (Å²) in [4.78, 5) is 15.8. The van der Waals surface area contributed by atoms with Crippen molar-refractivity contribution < 1.29 is 4.79 Å². The summed E-state index contributed by atoms with van der Waals surface area (Å²) in [5.41, 5.74) is 8.10. The molecule has 3 N–H and O–H groups in total. The van der Waals surface area contributed by atoms with E-state index >= 15 is 0 Å². The third-order valence-electron chi connectivity index (χ3n) is 2.83. The minimum Gasteiger partial charge on any atom is -0.382 e. The van der Waals surface area contributed by atoms with E-state index in [1.165, 1.54) is 12.3 Å². The van der Waals surface area contributed by atoms with Crippen molar-refractivity contribution in [3.63, 3.8) is 0 Å². The summed E-state index contributed by atoms with van der Waals surface area (Å²) in [6, 6.07) is 9.39. The van der Waals surface area contributed by atoms with Crippen molar-refractivity contribution in [2.45, 2.75) is 13.5 Å². The predicted octanol–water partition coefficient (Wildman–Crippen LogP) is 2.56. The molecule has 5 heteroatoms. The minimum atomic E-state index is -0.224. The highest BCUT2D eigenvalue weighted by Gasteiger charge is 2.08. The van der Waals surface area contributed by atoms with E-state index in [-0.39, 0.29) is 16.7 Å². The summed E-state index contributed by atoms with van der Waals surface area (Å²) >= 11 is 5.83. The Bertz CT molecular complexity index is 613. The smallest absolute Gasteiger partial charge is 0.253 e. The highest BCUT2D eigenvalue weighted by molar-refractivity contribution is 6.33. The first-order valence-electron chi connectivity index (χ1n) is 5.81. The Hall–Kier alpha value is -2.07. The normalized spacial score (nSPS) is 10.2. The molecule has 1 amide bonds. The number of rotatable bonds is 3. The van der Waals surface area contributed by atoms with Crippen LogP contribution in [0, 0.1) is 6.92 Å². The van der Waals surface area contributed by atoms with Crippen molar-refractivity contribution in [2.24, 2.45) is 0 Å². The van der Waals surface area contributed by atoms with Gasteiger partial charge in [0.25, 0.3) is 5.91 Å². The highest BCUT2D eigenvalue weighted by atomic mass is 35.5. The number of anilines is 1. The van der Waals surface area contributed by atoms with Gasteiger partial charge in [-0.1, -0.05) is 35.9 Å². The van der Waals surface area contributed by atoms with Gasteiger partial charge in [-0.15, -0.1) is 0 Å². The number of hydrogen-bond acceptors (Lipinski definition) is 3. The molecule has 0 radical (unpaired) electrons. The van der Waals surface area contributed by atoms with Crippen LogP contribution in [0.25, 0.3) is 0 Å². The third kappa shape index (κ3) is 3.23. The van der Waals surface area contributed by atoms with Gasteiger partial charge in [-0.2, -0.15) is 0 Å². The zero-order chi connectivity index (χ0) is 13.8. The van der Waals surface area contributed by atoms with Crippen LogP contribution < -0.4 is 11.1 Å².